The Morgan fingerprint density at radius 1 is 1.21 bits per heavy atom. The maximum Gasteiger partial charge on any atom is 0.507 e. The van der Waals surface area contributed by atoms with Gasteiger partial charge in [-0.25, -0.2) is 9.67 Å². The molecule has 0 unspecified atom stereocenters. The van der Waals surface area contributed by atoms with E-state index in [2.05, 4.69) is 10.1 Å². The number of hydrogen-bond acceptors (Lipinski definition) is 5. The smallest absolute Gasteiger partial charge is 0.399 e. The van der Waals surface area contributed by atoms with E-state index in [9.17, 15) is 0 Å². The molecule has 0 N–H and O–H groups in total. The van der Waals surface area contributed by atoms with Crippen LogP contribution in [0.1, 0.15) is 27.7 Å². The Morgan fingerprint density at radius 3 is 2.47 bits per heavy atom. The van der Waals surface area contributed by atoms with Crippen molar-refractivity contribution in [2.75, 3.05) is 0 Å². The molecule has 1 fully saturated rings. The van der Waals surface area contributed by atoms with Crippen molar-refractivity contribution in [2.45, 2.75) is 38.9 Å². The molecule has 0 bridgehead atoms. The summed E-state index contributed by atoms with van der Waals surface area (Å²) in [6, 6.07) is 1.87. The van der Waals surface area contributed by atoms with Crippen LogP contribution in [0.3, 0.4) is 0 Å². The monoisotopic (exact) mass is 277 g/mol. The lowest BCUT2D eigenvalue weighted by Gasteiger charge is -2.32. The van der Waals surface area contributed by atoms with Gasteiger partial charge in [0.05, 0.1) is 16.0 Å². The summed E-state index contributed by atoms with van der Waals surface area (Å²) < 4.78 is 14.7. The van der Waals surface area contributed by atoms with Gasteiger partial charge in [0.2, 0.25) is 5.13 Å². The first-order valence-corrected chi connectivity index (χ1v) is 7.02. The SMILES string of the molecule is CC1(C)OB(c2cnc(-n3cccn3)s2)OC1(C)C. The molecule has 1 saturated heterocycles. The molecule has 0 aromatic carbocycles. The van der Waals surface area contributed by atoms with Gasteiger partial charge < -0.3 is 9.31 Å². The number of hydrogen-bond donors (Lipinski definition) is 0. The normalized spacial score (nSPS) is 20.9. The Labute approximate surface area is 116 Å². The van der Waals surface area contributed by atoms with Crippen LogP contribution in [0.4, 0.5) is 0 Å². The van der Waals surface area contributed by atoms with Crippen LogP contribution in [0.15, 0.2) is 24.7 Å². The quantitative estimate of drug-likeness (QED) is 0.783. The molecule has 0 amide bonds. The van der Waals surface area contributed by atoms with Gasteiger partial charge in [0.1, 0.15) is 0 Å². The maximum atomic E-state index is 6.00. The minimum Gasteiger partial charge on any atom is -0.399 e. The van der Waals surface area contributed by atoms with E-state index in [0.717, 1.165) is 9.91 Å². The van der Waals surface area contributed by atoms with Crippen LogP contribution in [-0.4, -0.2) is 33.1 Å². The minimum absolute atomic E-state index is 0.326. The minimum atomic E-state index is -0.355. The molecule has 0 aliphatic carbocycles. The van der Waals surface area contributed by atoms with Crippen LogP contribution in [-0.2, 0) is 9.31 Å². The van der Waals surface area contributed by atoms with E-state index < -0.39 is 0 Å². The van der Waals surface area contributed by atoms with Crippen molar-refractivity contribution in [2.24, 2.45) is 0 Å². The topological polar surface area (TPSA) is 49.2 Å². The van der Waals surface area contributed by atoms with E-state index >= 15 is 0 Å². The molecule has 5 nitrogen and oxygen atoms in total. The Balaban J connectivity index is 1.85. The highest BCUT2D eigenvalue weighted by molar-refractivity contribution is 7.24. The standard InChI is InChI=1S/C12H16BN3O2S/c1-11(2)12(3,4)18-13(17-11)9-8-14-10(19-9)16-7-5-6-15-16/h5-8H,1-4H3. The van der Waals surface area contributed by atoms with Gasteiger partial charge in [0, 0.05) is 18.6 Å². The van der Waals surface area contributed by atoms with E-state index in [-0.39, 0.29) is 18.3 Å². The summed E-state index contributed by atoms with van der Waals surface area (Å²) >= 11 is 1.53. The molecule has 3 heterocycles. The first-order chi connectivity index (χ1) is 8.89. The molecule has 19 heavy (non-hydrogen) atoms. The van der Waals surface area contributed by atoms with Crippen molar-refractivity contribution >= 4 is 23.2 Å². The zero-order valence-electron chi connectivity index (χ0n) is 11.5. The van der Waals surface area contributed by atoms with Crippen LogP contribution >= 0.6 is 11.3 Å². The van der Waals surface area contributed by atoms with Crippen LogP contribution < -0.4 is 4.78 Å². The molecular weight excluding hydrogens is 261 g/mol. The molecule has 0 atom stereocenters. The zero-order valence-corrected chi connectivity index (χ0v) is 12.3. The largest absolute Gasteiger partial charge is 0.507 e. The third kappa shape index (κ3) is 2.11. The highest BCUT2D eigenvalue weighted by Gasteiger charge is 2.52. The molecule has 2 aromatic heterocycles. The predicted molar refractivity (Wildman–Crippen MR) is 75.0 cm³/mol. The summed E-state index contributed by atoms with van der Waals surface area (Å²) in [5.74, 6) is 0. The zero-order chi connectivity index (χ0) is 13.7. The van der Waals surface area contributed by atoms with E-state index in [1.807, 2.05) is 40.0 Å². The molecule has 1 aliphatic heterocycles. The third-order valence-corrected chi connectivity index (χ3v) is 4.71. The number of rotatable bonds is 2. The van der Waals surface area contributed by atoms with Crippen molar-refractivity contribution in [1.82, 2.24) is 14.8 Å². The number of nitrogens with zero attached hydrogens (tertiary/aromatic N) is 3. The Kier molecular flexibility index (Phi) is 2.81. The molecule has 0 spiro atoms. The van der Waals surface area contributed by atoms with Crippen LogP contribution in [0.2, 0.25) is 0 Å². The molecule has 0 saturated carbocycles. The van der Waals surface area contributed by atoms with Gasteiger partial charge in [0.15, 0.2) is 0 Å². The summed E-state index contributed by atoms with van der Waals surface area (Å²) in [6.07, 6.45) is 5.40. The van der Waals surface area contributed by atoms with Crippen molar-refractivity contribution in [1.29, 1.82) is 0 Å². The average molecular weight is 277 g/mol. The number of thiazole rings is 1. The van der Waals surface area contributed by atoms with Crippen LogP contribution in [0.25, 0.3) is 5.13 Å². The van der Waals surface area contributed by atoms with Crippen molar-refractivity contribution < 1.29 is 9.31 Å². The van der Waals surface area contributed by atoms with Crippen molar-refractivity contribution in [3.63, 3.8) is 0 Å². The maximum absolute atomic E-state index is 6.00. The van der Waals surface area contributed by atoms with Gasteiger partial charge in [-0.2, -0.15) is 5.10 Å². The molecule has 7 heteroatoms. The van der Waals surface area contributed by atoms with Crippen LogP contribution in [0.5, 0.6) is 0 Å². The summed E-state index contributed by atoms with van der Waals surface area (Å²) in [5.41, 5.74) is -0.652. The van der Waals surface area contributed by atoms with Crippen molar-refractivity contribution in [3.05, 3.63) is 24.7 Å². The van der Waals surface area contributed by atoms with Gasteiger partial charge >= 0.3 is 7.12 Å². The second-order valence-corrected chi connectivity index (χ2v) is 6.62. The molecule has 2 aromatic rings. The average Bonchev–Trinajstić information content (AvgIpc) is 3.00. The fourth-order valence-electron chi connectivity index (χ4n) is 1.83. The van der Waals surface area contributed by atoms with E-state index in [1.165, 1.54) is 11.3 Å². The van der Waals surface area contributed by atoms with E-state index in [4.69, 9.17) is 9.31 Å². The summed E-state index contributed by atoms with van der Waals surface area (Å²) in [7, 11) is -0.355. The molecular formula is C12H16BN3O2S. The lowest BCUT2D eigenvalue weighted by Crippen LogP contribution is -2.41. The molecule has 1 aliphatic rings. The lowest BCUT2D eigenvalue weighted by atomic mass is 9.89. The Hall–Kier alpha value is -1.18. The summed E-state index contributed by atoms with van der Waals surface area (Å²) in [5, 5.41) is 4.98. The fraction of sp³-hybridized carbons (Fsp3) is 0.500. The first kappa shape index (κ1) is 12.8. The Morgan fingerprint density at radius 2 is 1.89 bits per heavy atom. The van der Waals surface area contributed by atoms with Gasteiger partial charge in [-0.15, -0.1) is 11.3 Å². The number of aromatic nitrogens is 3. The summed E-state index contributed by atoms with van der Waals surface area (Å²) in [4.78, 5) is 4.36. The lowest BCUT2D eigenvalue weighted by molar-refractivity contribution is 0.00578. The molecule has 0 radical (unpaired) electrons. The van der Waals surface area contributed by atoms with E-state index in [1.54, 1.807) is 17.1 Å². The van der Waals surface area contributed by atoms with Crippen molar-refractivity contribution in [3.8, 4) is 5.13 Å². The van der Waals surface area contributed by atoms with Gasteiger partial charge in [0.25, 0.3) is 0 Å². The van der Waals surface area contributed by atoms with E-state index in [0.29, 0.717) is 0 Å². The molecule has 100 valence electrons. The highest BCUT2D eigenvalue weighted by Crippen LogP contribution is 2.36. The third-order valence-electron chi connectivity index (χ3n) is 3.70. The summed E-state index contributed by atoms with van der Waals surface area (Å²) in [6.45, 7) is 8.18. The fourth-order valence-corrected chi connectivity index (χ4v) is 2.65. The first-order valence-electron chi connectivity index (χ1n) is 6.20. The predicted octanol–water partition coefficient (Wildman–Crippen LogP) is 1.63. The van der Waals surface area contributed by atoms with Crippen LogP contribution in [0, 0.1) is 0 Å². The Bertz CT molecular complexity index is 564. The van der Waals surface area contributed by atoms with Gasteiger partial charge in [-0.1, -0.05) is 0 Å². The molecule has 3 rings (SSSR count). The highest BCUT2D eigenvalue weighted by atomic mass is 32.1. The van der Waals surface area contributed by atoms with Gasteiger partial charge in [-0.3, -0.25) is 0 Å². The second-order valence-electron chi connectivity index (χ2n) is 5.58. The van der Waals surface area contributed by atoms with Gasteiger partial charge in [-0.05, 0) is 33.8 Å². The second kappa shape index (κ2) is 4.16.